The molecule has 1 aromatic heterocycles. The van der Waals surface area contributed by atoms with E-state index in [0.29, 0.717) is 13.0 Å². The zero-order chi connectivity index (χ0) is 13.6. The number of carbonyl (C=O) groups excluding carboxylic acids is 1. The Hall–Kier alpha value is -2.24. The second kappa shape index (κ2) is 5.90. The van der Waals surface area contributed by atoms with Gasteiger partial charge in [0, 0.05) is 6.54 Å². The van der Waals surface area contributed by atoms with E-state index in [-0.39, 0.29) is 5.76 Å². The molecular weight excluding hydrogens is 236 g/mol. The first-order valence-electron chi connectivity index (χ1n) is 5.45. The molecule has 0 radical (unpaired) electrons. The fourth-order valence-electron chi connectivity index (χ4n) is 1.34. The van der Waals surface area contributed by atoms with Gasteiger partial charge < -0.3 is 20.2 Å². The molecule has 6 nitrogen and oxygen atoms in total. The SMILES string of the molecule is C=CCCNC(=O)NC(C)(C(=O)O)c1ccco1. The fraction of sp³-hybridized carbons (Fsp3) is 0.333. The quantitative estimate of drug-likeness (QED) is 0.528. The Labute approximate surface area is 105 Å². The van der Waals surface area contributed by atoms with Crippen molar-refractivity contribution >= 4 is 12.0 Å². The lowest BCUT2D eigenvalue weighted by atomic mass is 9.99. The van der Waals surface area contributed by atoms with E-state index in [0.717, 1.165) is 0 Å². The van der Waals surface area contributed by atoms with Crippen LogP contribution in [0.2, 0.25) is 0 Å². The second-order valence-corrected chi connectivity index (χ2v) is 3.87. The van der Waals surface area contributed by atoms with Crippen LogP contribution in [0, 0.1) is 0 Å². The second-order valence-electron chi connectivity index (χ2n) is 3.87. The van der Waals surface area contributed by atoms with Crippen molar-refractivity contribution in [1.82, 2.24) is 10.6 Å². The Balaban J connectivity index is 2.72. The lowest BCUT2D eigenvalue weighted by Crippen LogP contribution is -2.52. The average molecular weight is 252 g/mol. The summed E-state index contributed by atoms with van der Waals surface area (Å²) < 4.78 is 5.05. The molecule has 0 bridgehead atoms. The molecule has 1 rings (SSSR count). The van der Waals surface area contributed by atoms with Crippen LogP contribution in [0.4, 0.5) is 4.79 Å². The molecule has 1 atom stereocenters. The van der Waals surface area contributed by atoms with E-state index in [1.807, 2.05) is 0 Å². The number of carboxylic acid groups (broad SMARTS) is 1. The monoisotopic (exact) mass is 252 g/mol. The normalized spacial score (nSPS) is 13.4. The van der Waals surface area contributed by atoms with Crippen molar-refractivity contribution in [2.75, 3.05) is 6.54 Å². The minimum absolute atomic E-state index is 0.161. The van der Waals surface area contributed by atoms with E-state index in [1.54, 1.807) is 12.1 Å². The maximum atomic E-state index is 11.6. The molecule has 18 heavy (non-hydrogen) atoms. The molecule has 0 saturated heterocycles. The minimum Gasteiger partial charge on any atom is -0.479 e. The first-order chi connectivity index (χ1) is 8.50. The standard InChI is InChI=1S/C12H16N2O4/c1-3-4-7-13-11(17)14-12(2,10(15)16)9-6-5-8-18-9/h3,5-6,8H,1,4,7H2,2H3,(H,15,16)(H2,13,14,17). The summed E-state index contributed by atoms with van der Waals surface area (Å²) >= 11 is 0. The molecule has 0 spiro atoms. The number of nitrogens with one attached hydrogen (secondary N) is 2. The number of aliphatic carboxylic acids is 1. The Morgan fingerprint density at radius 2 is 2.33 bits per heavy atom. The van der Waals surface area contributed by atoms with Crippen molar-refractivity contribution in [3.63, 3.8) is 0 Å². The number of hydrogen-bond acceptors (Lipinski definition) is 3. The third-order valence-corrected chi connectivity index (χ3v) is 2.44. The molecule has 1 aromatic rings. The summed E-state index contributed by atoms with van der Waals surface area (Å²) in [6.45, 7) is 5.27. The minimum atomic E-state index is -1.60. The summed E-state index contributed by atoms with van der Waals surface area (Å²) in [6.07, 6.45) is 3.62. The van der Waals surface area contributed by atoms with Crippen molar-refractivity contribution in [3.05, 3.63) is 36.8 Å². The van der Waals surface area contributed by atoms with Crippen LogP contribution in [0.3, 0.4) is 0 Å². The van der Waals surface area contributed by atoms with Crippen LogP contribution in [0.25, 0.3) is 0 Å². The number of furan rings is 1. The Morgan fingerprint density at radius 3 is 2.83 bits per heavy atom. The highest BCUT2D eigenvalue weighted by Gasteiger charge is 2.39. The van der Waals surface area contributed by atoms with Gasteiger partial charge in [-0.15, -0.1) is 6.58 Å². The lowest BCUT2D eigenvalue weighted by Gasteiger charge is -2.24. The molecule has 1 unspecified atom stereocenters. The van der Waals surface area contributed by atoms with E-state index < -0.39 is 17.5 Å². The summed E-state index contributed by atoms with van der Waals surface area (Å²) in [6, 6.07) is 2.49. The number of carboxylic acids is 1. The van der Waals surface area contributed by atoms with Crippen molar-refractivity contribution in [2.24, 2.45) is 0 Å². The van der Waals surface area contributed by atoms with Crippen LogP contribution in [0.5, 0.6) is 0 Å². The molecule has 0 aromatic carbocycles. The van der Waals surface area contributed by atoms with Crippen LogP contribution in [0.1, 0.15) is 19.1 Å². The number of rotatable bonds is 6. The molecule has 98 valence electrons. The van der Waals surface area contributed by atoms with Gasteiger partial charge in [0.15, 0.2) is 5.54 Å². The molecule has 0 aliphatic carbocycles. The van der Waals surface area contributed by atoms with Gasteiger partial charge in [0.05, 0.1) is 6.26 Å². The van der Waals surface area contributed by atoms with Crippen LogP contribution in [-0.2, 0) is 10.3 Å². The smallest absolute Gasteiger partial charge is 0.337 e. The summed E-state index contributed by atoms with van der Waals surface area (Å²) in [5.41, 5.74) is -1.60. The van der Waals surface area contributed by atoms with Crippen LogP contribution >= 0.6 is 0 Å². The molecule has 2 amide bonds. The highest BCUT2D eigenvalue weighted by atomic mass is 16.4. The molecule has 3 N–H and O–H groups in total. The number of amides is 2. The van der Waals surface area contributed by atoms with Gasteiger partial charge in [-0.25, -0.2) is 9.59 Å². The first kappa shape index (κ1) is 13.8. The molecule has 0 aliphatic rings. The van der Waals surface area contributed by atoms with Gasteiger partial charge in [-0.3, -0.25) is 0 Å². The summed E-state index contributed by atoms with van der Waals surface area (Å²) in [7, 11) is 0. The Kier molecular flexibility index (Phi) is 4.53. The summed E-state index contributed by atoms with van der Waals surface area (Å²) in [4.78, 5) is 22.8. The van der Waals surface area contributed by atoms with Crippen LogP contribution < -0.4 is 10.6 Å². The van der Waals surface area contributed by atoms with Crippen LogP contribution in [-0.4, -0.2) is 23.7 Å². The Morgan fingerprint density at radius 1 is 1.61 bits per heavy atom. The maximum Gasteiger partial charge on any atom is 0.337 e. The molecule has 1 heterocycles. The molecule has 0 fully saturated rings. The third-order valence-electron chi connectivity index (χ3n) is 2.44. The highest BCUT2D eigenvalue weighted by Crippen LogP contribution is 2.21. The molecule has 0 saturated carbocycles. The van der Waals surface area contributed by atoms with Gasteiger partial charge in [0.25, 0.3) is 0 Å². The number of hydrogen-bond donors (Lipinski definition) is 3. The van der Waals surface area contributed by atoms with E-state index >= 15 is 0 Å². The van der Waals surface area contributed by atoms with Gasteiger partial charge >= 0.3 is 12.0 Å². The van der Waals surface area contributed by atoms with E-state index in [2.05, 4.69) is 17.2 Å². The zero-order valence-corrected chi connectivity index (χ0v) is 10.1. The topological polar surface area (TPSA) is 91.6 Å². The molecular formula is C12H16N2O4. The third kappa shape index (κ3) is 3.13. The van der Waals surface area contributed by atoms with Gasteiger partial charge in [-0.1, -0.05) is 6.08 Å². The van der Waals surface area contributed by atoms with E-state index in [1.165, 1.54) is 19.3 Å². The van der Waals surface area contributed by atoms with Crippen molar-refractivity contribution in [3.8, 4) is 0 Å². The van der Waals surface area contributed by atoms with E-state index in [9.17, 15) is 14.7 Å². The lowest BCUT2D eigenvalue weighted by molar-refractivity contribution is -0.144. The number of urea groups is 1. The number of carbonyl (C=O) groups is 2. The predicted octanol–water partition coefficient (Wildman–Crippen LogP) is 1.45. The molecule has 6 heteroatoms. The fourth-order valence-corrected chi connectivity index (χ4v) is 1.34. The molecule has 0 aliphatic heterocycles. The van der Waals surface area contributed by atoms with Crippen molar-refractivity contribution in [2.45, 2.75) is 18.9 Å². The highest BCUT2D eigenvalue weighted by molar-refractivity contribution is 5.86. The van der Waals surface area contributed by atoms with Crippen molar-refractivity contribution < 1.29 is 19.1 Å². The summed E-state index contributed by atoms with van der Waals surface area (Å²) in [5.74, 6) is -1.04. The van der Waals surface area contributed by atoms with Gasteiger partial charge in [0.1, 0.15) is 5.76 Å². The average Bonchev–Trinajstić information content (AvgIpc) is 2.82. The first-order valence-corrected chi connectivity index (χ1v) is 5.45. The van der Waals surface area contributed by atoms with Crippen molar-refractivity contribution in [1.29, 1.82) is 0 Å². The largest absolute Gasteiger partial charge is 0.479 e. The maximum absolute atomic E-state index is 11.6. The summed E-state index contributed by atoms with van der Waals surface area (Å²) in [5, 5.41) is 14.1. The van der Waals surface area contributed by atoms with Gasteiger partial charge in [0.2, 0.25) is 0 Å². The van der Waals surface area contributed by atoms with E-state index in [4.69, 9.17) is 4.42 Å². The zero-order valence-electron chi connectivity index (χ0n) is 10.1. The Bertz CT molecular complexity index is 427. The van der Waals surface area contributed by atoms with Gasteiger partial charge in [-0.2, -0.15) is 0 Å². The van der Waals surface area contributed by atoms with Crippen LogP contribution in [0.15, 0.2) is 35.5 Å². The van der Waals surface area contributed by atoms with Gasteiger partial charge in [-0.05, 0) is 25.5 Å². The predicted molar refractivity (Wildman–Crippen MR) is 65.0 cm³/mol.